The number of carbonyl (C=O) groups excluding carboxylic acids is 2. The van der Waals surface area contributed by atoms with Crippen molar-refractivity contribution in [3.05, 3.63) is 29.8 Å². The van der Waals surface area contributed by atoms with Crippen LogP contribution in [0, 0.1) is 23.2 Å². The fraction of sp³-hybridized carbons (Fsp3) is 0.583. The summed E-state index contributed by atoms with van der Waals surface area (Å²) in [5.74, 6) is 2.99. The highest BCUT2D eigenvalue weighted by atomic mass is 16.5. The minimum atomic E-state index is -0.547. The second-order valence-corrected chi connectivity index (χ2v) is 9.25. The summed E-state index contributed by atoms with van der Waals surface area (Å²) in [7, 11) is 3.13. The second-order valence-electron chi connectivity index (χ2n) is 9.25. The molecular weight excluding hydrogens is 382 g/mol. The van der Waals surface area contributed by atoms with E-state index in [9.17, 15) is 9.59 Å². The molecule has 1 amide bonds. The zero-order valence-electron chi connectivity index (χ0n) is 17.8. The molecule has 4 saturated carbocycles. The second kappa shape index (κ2) is 8.70. The van der Waals surface area contributed by atoms with Crippen molar-refractivity contribution in [2.45, 2.75) is 38.5 Å². The van der Waals surface area contributed by atoms with Gasteiger partial charge < -0.3 is 19.5 Å². The Morgan fingerprint density at radius 1 is 1.03 bits per heavy atom. The number of benzene rings is 1. The Balaban J connectivity index is 1.22. The Morgan fingerprint density at radius 2 is 1.67 bits per heavy atom. The van der Waals surface area contributed by atoms with E-state index in [-0.39, 0.29) is 17.9 Å². The average molecular weight is 414 g/mol. The lowest BCUT2D eigenvalue weighted by molar-refractivity contribution is -0.144. The zero-order chi connectivity index (χ0) is 21.1. The largest absolute Gasteiger partial charge is 0.493 e. The molecule has 1 aromatic rings. The predicted molar refractivity (Wildman–Crippen MR) is 113 cm³/mol. The highest BCUT2D eigenvalue weighted by Crippen LogP contribution is 2.59. The smallest absolute Gasteiger partial charge is 0.331 e. The average Bonchev–Trinajstić information content (AvgIpc) is 2.73. The van der Waals surface area contributed by atoms with Crippen LogP contribution in [0.4, 0.5) is 0 Å². The molecule has 0 radical (unpaired) electrons. The van der Waals surface area contributed by atoms with E-state index in [1.54, 1.807) is 32.4 Å². The van der Waals surface area contributed by atoms with Crippen molar-refractivity contribution >= 4 is 18.0 Å². The minimum Gasteiger partial charge on any atom is -0.493 e. The van der Waals surface area contributed by atoms with E-state index in [0.717, 1.165) is 23.3 Å². The molecule has 0 spiro atoms. The van der Waals surface area contributed by atoms with Gasteiger partial charge in [-0.2, -0.15) is 0 Å². The number of hydrogen-bond acceptors (Lipinski definition) is 5. The summed E-state index contributed by atoms with van der Waals surface area (Å²) in [6.07, 6.45) is 10.8. The van der Waals surface area contributed by atoms with Gasteiger partial charge in [-0.25, -0.2) is 4.79 Å². The molecular formula is C24H31NO5. The Labute approximate surface area is 178 Å². The van der Waals surface area contributed by atoms with Gasteiger partial charge in [0.05, 0.1) is 14.2 Å². The summed E-state index contributed by atoms with van der Waals surface area (Å²) in [6, 6.07) is 5.34. The van der Waals surface area contributed by atoms with Gasteiger partial charge in [0.2, 0.25) is 0 Å². The van der Waals surface area contributed by atoms with Crippen LogP contribution in [0.15, 0.2) is 24.3 Å². The van der Waals surface area contributed by atoms with Crippen molar-refractivity contribution in [1.82, 2.24) is 5.32 Å². The maximum atomic E-state index is 12.2. The van der Waals surface area contributed by atoms with Crippen LogP contribution in [0.1, 0.15) is 44.1 Å². The van der Waals surface area contributed by atoms with Crippen LogP contribution < -0.4 is 14.8 Å². The molecule has 0 aliphatic heterocycles. The van der Waals surface area contributed by atoms with Gasteiger partial charge in [-0.15, -0.1) is 0 Å². The predicted octanol–water partition coefficient (Wildman–Crippen LogP) is 3.59. The number of amides is 1. The molecule has 4 fully saturated rings. The summed E-state index contributed by atoms with van der Waals surface area (Å²) in [6.45, 7) is 0.468. The van der Waals surface area contributed by atoms with Gasteiger partial charge in [0.1, 0.15) is 0 Å². The third-order valence-electron chi connectivity index (χ3n) is 6.99. The summed E-state index contributed by atoms with van der Waals surface area (Å²) in [5, 5.41) is 3.03. The van der Waals surface area contributed by atoms with Crippen LogP contribution in [0.3, 0.4) is 0 Å². The molecule has 0 heterocycles. The number of esters is 1. The van der Waals surface area contributed by atoms with E-state index >= 15 is 0 Å². The van der Waals surface area contributed by atoms with Gasteiger partial charge in [0.25, 0.3) is 5.91 Å². The highest BCUT2D eigenvalue weighted by Gasteiger charge is 2.50. The Morgan fingerprint density at radius 3 is 2.27 bits per heavy atom. The lowest BCUT2D eigenvalue weighted by atomic mass is 9.49. The third kappa shape index (κ3) is 4.63. The monoisotopic (exact) mass is 413 g/mol. The first-order valence-electron chi connectivity index (χ1n) is 10.8. The van der Waals surface area contributed by atoms with E-state index in [1.807, 2.05) is 6.07 Å². The standard InChI is InChI=1S/C24H31NO5/c1-28-20-5-3-16(10-21(20)29-2)4-6-23(27)30-14-22(26)25-15-24-11-17-7-18(12-24)9-19(8-17)13-24/h3-6,10,17-19H,7-9,11-15H2,1-2H3,(H,25,26)/b6-4+. The quantitative estimate of drug-likeness (QED) is 0.521. The van der Waals surface area contributed by atoms with Crippen molar-refractivity contribution in [2.24, 2.45) is 23.2 Å². The normalized spacial score (nSPS) is 29.1. The summed E-state index contributed by atoms with van der Waals surface area (Å²) < 4.78 is 15.5. The van der Waals surface area contributed by atoms with Crippen LogP contribution in [0.25, 0.3) is 6.08 Å². The first kappa shape index (κ1) is 20.8. The van der Waals surface area contributed by atoms with E-state index in [4.69, 9.17) is 14.2 Å². The topological polar surface area (TPSA) is 73.9 Å². The van der Waals surface area contributed by atoms with Crippen molar-refractivity contribution in [3.8, 4) is 11.5 Å². The van der Waals surface area contributed by atoms with Crippen LogP contribution in [-0.2, 0) is 14.3 Å². The van der Waals surface area contributed by atoms with E-state index in [1.165, 1.54) is 44.6 Å². The molecule has 162 valence electrons. The fourth-order valence-corrected chi connectivity index (χ4v) is 6.15. The summed E-state index contributed by atoms with van der Waals surface area (Å²) in [4.78, 5) is 24.2. The minimum absolute atomic E-state index is 0.224. The lowest BCUT2D eigenvalue weighted by Crippen LogP contribution is -2.51. The number of carbonyl (C=O) groups is 2. The summed E-state index contributed by atoms with van der Waals surface area (Å²) >= 11 is 0. The lowest BCUT2D eigenvalue weighted by Gasteiger charge is -2.56. The maximum absolute atomic E-state index is 12.2. The molecule has 30 heavy (non-hydrogen) atoms. The number of ether oxygens (including phenoxy) is 3. The molecule has 4 aliphatic rings. The van der Waals surface area contributed by atoms with Crippen LogP contribution in [-0.4, -0.2) is 39.2 Å². The van der Waals surface area contributed by atoms with Gasteiger partial charge in [-0.05, 0) is 85.5 Å². The zero-order valence-corrected chi connectivity index (χ0v) is 17.8. The summed E-state index contributed by atoms with van der Waals surface area (Å²) in [5.41, 5.74) is 1.05. The van der Waals surface area contributed by atoms with Crippen LogP contribution in [0.5, 0.6) is 11.5 Å². The molecule has 6 heteroatoms. The van der Waals surface area contributed by atoms with Gasteiger partial charge >= 0.3 is 5.97 Å². The molecule has 0 saturated heterocycles. The number of rotatable bonds is 8. The fourth-order valence-electron chi connectivity index (χ4n) is 6.15. The SMILES string of the molecule is COc1ccc(/C=C/C(=O)OCC(=O)NCC23CC4CC(CC(C4)C2)C3)cc1OC. The molecule has 0 atom stereocenters. The number of hydrogen-bond donors (Lipinski definition) is 1. The molecule has 1 aromatic carbocycles. The Kier molecular flexibility index (Phi) is 6.02. The van der Waals surface area contributed by atoms with Crippen LogP contribution >= 0.6 is 0 Å². The van der Waals surface area contributed by atoms with Gasteiger partial charge in [-0.3, -0.25) is 4.79 Å². The van der Waals surface area contributed by atoms with Crippen molar-refractivity contribution in [1.29, 1.82) is 0 Å². The maximum Gasteiger partial charge on any atom is 0.331 e. The van der Waals surface area contributed by atoms with Crippen molar-refractivity contribution in [2.75, 3.05) is 27.4 Å². The van der Waals surface area contributed by atoms with Crippen LogP contribution in [0.2, 0.25) is 0 Å². The molecule has 0 unspecified atom stereocenters. The number of methoxy groups -OCH3 is 2. The molecule has 4 aliphatic carbocycles. The molecule has 4 bridgehead atoms. The van der Waals surface area contributed by atoms with E-state index < -0.39 is 5.97 Å². The Bertz CT molecular complexity index is 796. The van der Waals surface area contributed by atoms with Gasteiger partial charge in [-0.1, -0.05) is 6.07 Å². The molecule has 0 aromatic heterocycles. The van der Waals surface area contributed by atoms with E-state index in [0.29, 0.717) is 18.0 Å². The highest BCUT2D eigenvalue weighted by molar-refractivity contribution is 5.89. The Hall–Kier alpha value is -2.50. The van der Waals surface area contributed by atoms with Gasteiger partial charge in [0.15, 0.2) is 18.1 Å². The van der Waals surface area contributed by atoms with Crippen molar-refractivity contribution in [3.63, 3.8) is 0 Å². The van der Waals surface area contributed by atoms with Gasteiger partial charge in [0, 0.05) is 12.6 Å². The third-order valence-corrected chi connectivity index (χ3v) is 6.99. The first-order valence-corrected chi connectivity index (χ1v) is 10.8. The molecule has 5 rings (SSSR count). The molecule has 6 nitrogen and oxygen atoms in total. The van der Waals surface area contributed by atoms with Crippen molar-refractivity contribution < 1.29 is 23.8 Å². The van der Waals surface area contributed by atoms with E-state index in [2.05, 4.69) is 5.32 Å². The first-order chi connectivity index (χ1) is 14.5. The number of nitrogens with one attached hydrogen (secondary N) is 1. The molecule has 1 N–H and O–H groups in total.